The number of aromatic amines is 1. The standard InChI is InChI=1S/C38H32ClN5O3/c1-23-12-14-26(15-13-23)35-40-21-32(42-35)33(44-37(46)28-10-6-7-11-29(28)38(44)47)18-24(2)19-34-41-31-20-27(39)16-17-30(31)36(45)43(34)22-25-8-4-3-5-9-25/h3-17,20-21,24,33H,18-19,22H2,1-2H3,(H,40,42)/t24-,33?/m1/s1. The fraction of sp³-hybridized carbons (Fsp3) is 0.184. The first-order chi connectivity index (χ1) is 22.8. The monoisotopic (exact) mass is 641 g/mol. The maximum atomic E-state index is 13.8. The molecule has 8 nitrogen and oxygen atoms in total. The minimum absolute atomic E-state index is 0.110. The molecular weight excluding hydrogens is 610 g/mol. The van der Waals surface area contributed by atoms with Crippen molar-refractivity contribution < 1.29 is 9.59 Å². The summed E-state index contributed by atoms with van der Waals surface area (Å²) >= 11 is 6.30. The second-order valence-electron chi connectivity index (χ2n) is 12.2. The smallest absolute Gasteiger partial charge is 0.262 e. The van der Waals surface area contributed by atoms with E-state index >= 15 is 0 Å². The van der Waals surface area contributed by atoms with Crippen LogP contribution in [-0.2, 0) is 13.0 Å². The predicted molar refractivity (Wildman–Crippen MR) is 182 cm³/mol. The number of aryl methyl sites for hydroxylation is 1. The Kier molecular flexibility index (Phi) is 8.03. The average molecular weight is 642 g/mol. The minimum atomic E-state index is -0.631. The van der Waals surface area contributed by atoms with E-state index in [1.807, 2.05) is 68.4 Å². The van der Waals surface area contributed by atoms with Crippen LogP contribution in [0.2, 0.25) is 5.02 Å². The third-order valence-corrected chi connectivity index (χ3v) is 8.99. The van der Waals surface area contributed by atoms with Gasteiger partial charge in [-0.25, -0.2) is 9.97 Å². The topological polar surface area (TPSA) is 101 Å². The molecule has 2 aromatic heterocycles. The lowest BCUT2D eigenvalue weighted by Crippen LogP contribution is -2.36. The van der Waals surface area contributed by atoms with Crippen LogP contribution >= 0.6 is 11.6 Å². The van der Waals surface area contributed by atoms with Crippen molar-refractivity contribution >= 4 is 34.3 Å². The van der Waals surface area contributed by atoms with Gasteiger partial charge in [-0.15, -0.1) is 0 Å². The van der Waals surface area contributed by atoms with Gasteiger partial charge in [-0.1, -0.05) is 90.8 Å². The maximum absolute atomic E-state index is 13.8. The third-order valence-electron chi connectivity index (χ3n) is 8.75. The number of rotatable bonds is 9. The first-order valence-corrected chi connectivity index (χ1v) is 16.0. The molecule has 0 radical (unpaired) electrons. The molecule has 2 atom stereocenters. The second kappa shape index (κ2) is 12.5. The number of hydrogen-bond donors (Lipinski definition) is 1. The van der Waals surface area contributed by atoms with Gasteiger partial charge in [0.1, 0.15) is 11.6 Å². The van der Waals surface area contributed by atoms with E-state index in [0.717, 1.165) is 16.7 Å². The molecule has 234 valence electrons. The summed E-state index contributed by atoms with van der Waals surface area (Å²) in [6.45, 7) is 4.43. The van der Waals surface area contributed by atoms with Gasteiger partial charge in [0.05, 0.1) is 46.5 Å². The van der Waals surface area contributed by atoms with E-state index in [0.29, 0.717) is 63.8 Å². The molecule has 0 spiro atoms. The molecule has 1 aliphatic heterocycles. The fourth-order valence-corrected chi connectivity index (χ4v) is 6.49. The predicted octanol–water partition coefficient (Wildman–Crippen LogP) is 7.40. The molecule has 0 fully saturated rings. The molecule has 7 rings (SSSR count). The van der Waals surface area contributed by atoms with Gasteiger partial charge in [-0.3, -0.25) is 23.9 Å². The Morgan fingerprint density at radius 1 is 0.851 bits per heavy atom. The van der Waals surface area contributed by atoms with Crippen molar-refractivity contribution in [3.05, 3.63) is 152 Å². The number of benzene rings is 4. The second-order valence-corrected chi connectivity index (χ2v) is 12.6. The van der Waals surface area contributed by atoms with Gasteiger partial charge in [0.25, 0.3) is 17.4 Å². The van der Waals surface area contributed by atoms with Crippen LogP contribution in [0.25, 0.3) is 22.3 Å². The number of fused-ring (bicyclic) bond motifs is 2. The van der Waals surface area contributed by atoms with Crippen molar-refractivity contribution in [1.29, 1.82) is 0 Å². The van der Waals surface area contributed by atoms with Gasteiger partial charge in [0.15, 0.2) is 0 Å². The van der Waals surface area contributed by atoms with Gasteiger partial charge in [0.2, 0.25) is 0 Å². The number of imidazole rings is 1. The van der Waals surface area contributed by atoms with Gasteiger partial charge >= 0.3 is 0 Å². The summed E-state index contributed by atoms with van der Waals surface area (Å²) in [6, 6.07) is 29.2. The number of carbonyl (C=O) groups is 2. The zero-order valence-electron chi connectivity index (χ0n) is 26.0. The van der Waals surface area contributed by atoms with Crippen molar-refractivity contribution in [2.24, 2.45) is 5.92 Å². The summed E-state index contributed by atoms with van der Waals surface area (Å²) in [6.07, 6.45) is 2.54. The quantitative estimate of drug-likeness (QED) is 0.166. The lowest BCUT2D eigenvalue weighted by Gasteiger charge is -2.28. The van der Waals surface area contributed by atoms with E-state index in [2.05, 4.69) is 9.97 Å². The van der Waals surface area contributed by atoms with Crippen LogP contribution in [0.4, 0.5) is 0 Å². The van der Waals surface area contributed by atoms with E-state index in [9.17, 15) is 14.4 Å². The fourth-order valence-electron chi connectivity index (χ4n) is 6.33. The van der Waals surface area contributed by atoms with Gasteiger partial charge < -0.3 is 4.98 Å². The number of hydrogen-bond acceptors (Lipinski definition) is 5. The molecule has 1 unspecified atom stereocenters. The Labute approximate surface area is 276 Å². The van der Waals surface area contributed by atoms with Crippen molar-refractivity contribution in [2.75, 3.05) is 0 Å². The molecule has 3 heterocycles. The molecule has 47 heavy (non-hydrogen) atoms. The molecule has 0 aliphatic carbocycles. The van der Waals surface area contributed by atoms with Crippen molar-refractivity contribution in [3.8, 4) is 11.4 Å². The highest BCUT2D eigenvalue weighted by molar-refractivity contribution is 6.31. The molecule has 0 saturated carbocycles. The van der Waals surface area contributed by atoms with Gasteiger partial charge in [0, 0.05) is 17.0 Å². The summed E-state index contributed by atoms with van der Waals surface area (Å²) in [5.41, 5.74) is 4.82. The van der Waals surface area contributed by atoms with Gasteiger partial charge in [-0.2, -0.15) is 0 Å². The number of amides is 2. The first-order valence-electron chi connectivity index (χ1n) is 15.6. The van der Waals surface area contributed by atoms with E-state index in [-0.39, 0.29) is 23.3 Å². The van der Waals surface area contributed by atoms with E-state index in [1.54, 1.807) is 53.2 Å². The van der Waals surface area contributed by atoms with Crippen LogP contribution in [0.3, 0.4) is 0 Å². The Morgan fingerprint density at radius 2 is 1.53 bits per heavy atom. The number of aromatic nitrogens is 4. The van der Waals surface area contributed by atoms with Crippen LogP contribution < -0.4 is 5.56 Å². The highest BCUT2D eigenvalue weighted by Crippen LogP contribution is 2.36. The number of nitrogens with zero attached hydrogens (tertiary/aromatic N) is 4. The van der Waals surface area contributed by atoms with Crippen molar-refractivity contribution in [2.45, 2.75) is 39.3 Å². The highest BCUT2D eigenvalue weighted by atomic mass is 35.5. The largest absolute Gasteiger partial charge is 0.340 e. The van der Waals surface area contributed by atoms with Crippen LogP contribution in [0.15, 0.2) is 108 Å². The Bertz CT molecular complexity index is 2150. The summed E-state index contributed by atoms with van der Waals surface area (Å²) in [4.78, 5) is 55.7. The number of imide groups is 1. The molecule has 0 bridgehead atoms. The van der Waals surface area contributed by atoms with Crippen molar-refractivity contribution in [1.82, 2.24) is 24.4 Å². The zero-order chi connectivity index (χ0) is 32.7. The lowest BCUT2D eigenvalue weighted by atomic mass is 9.95. The molecule has 1 N–H and O–H groups in total. The third kappa shape index (κ3) is 5.88. The Hall–Kier alpha value is -5.34. The van der Waals surface area contributed by atoms with Crippen LogP contribution in [-0.4, -0.2) is 36.2 Å². The molecule has 4 aromatic carbocycles. The van der Waals surface area contributed by atoms with Crippen LogP contribution in [0.5, 0.6) is 0 Å². The zero-order valence-corrected chi connectivity index (χ0v) is 26.7. The molecular formula is C38H32ClN5O3. The first kappa shape index (κ1) is 30.3. The van der Waals surface area contributed by atoms with Gasteiger partial charge in [-0.05, 0) is 55.2 Å². The number of halogens is 1. The maximum Gasteiger partial charge on any atom is 0.262 e. The lowest BCUT2D eigenvalue weighted by molar-refractivity contribution is 0.0557. The van der Waals surface area contributed by atoms with Crippen LogP contribution in [0, 0.1) is 12.8 Å². The van der Waals surface area contributed by atoms with E-state index < -0.39 is 6.04 Å². The number of nitrogens with one attached hydrogen (secondary N) is 1. The number of carbonyl (C=O) groups excluding carboxylic acids is 2. The summed E-state index contributed by atoms with van der Waals surface area (Å²) in [5, 5.41) is 0.991. The molecule has 1 aliphatic rings. The molecule has 2 amide bonds. The summed E-state index contributed by atoms with van der Waals surface area (Å²) in [5.74, 6) is 0.467. The molecule has 0 saturated heterocycles. The number of H-pyrrole nitrogens is 1. The summed E-state index contributed by atoms with van der Waals surface area (Å²) in [7, 11) is 0. The Balaban J connectivity index is 1.26. The van der Waals surface area contributed by atoms with E-state index in [4.69, 9.17) is 16.6 Å². The molecule has 9 heteroatoms. The normalized spacial score (nSPS) is 14.1. The molecule has 6 aromatic rings. The van der Waals surface area contributed by atoms with Crippen LogP contribution in [0.1, 0.15) is 62.7 Å². The van der Waals surface area contributed by atoms with E-state index in [1.165, 1.54) is 4.90 Å². The highest BCUT2D eigenvalue weighted by Gasteiger charge is 2.41. The Morgan fingerprint density at radius 3 is 2.23 bits per heavy atom. The van der Waals surface area contributed by atoms with Crippen molar-refractivity contribution in [3.63, 3.8) is 0 Å². The SMILES string of the molecule is Cc1ccc(-c2ncc(C(C[C@@H](C)Cc3nc4cc(Cl)ccc4c(=O)n3Cc3ccccc3)N3C(=O)c4ccccc4C3=O)[nH]2)cc1. The average Bonchev–Trinajstić information content (AvgIpc) is 3.66. The minimum Gasteiger partial charge on any atom is -0.340 e. The summed E-state index contributed by atoms with van der Waals surface area (Å²) < 4.78 is 1.71.